The van der Waals surface area contributed by atoms with Gasteiger partial charge in [-0.2, -0.15) is 0 Å². The Bertz CT molecular complexity index is 711. The Kier molecular flexibility index (Phi) is 3.36. The molecule has 2 N–H and O–H groups in total. The number of nitrogens with two attached hydrogens (primary N) is 1. The standard InChI is InChI=1S/C15H14N2S2/c16-15(18)13-4-1-5-14-12(13)7-9-17(14)8-6-11-3-2-10-19-11/h1-5,7,9-10H,6,8H2,(H2,16,18). The van der Waals surface area contributed by atoms with Crippen LogP contribution in [0.3, 0.4) is 0 Å². The van der Waals surface area contributed by atoms with Crippen LogP contribution in [0, 0.1) is 0 Å². The Balaban J connectivity index is 1.92. The molecule has 0 atom stereocenters. The van der Waals surface area contributed by atoms with E-state index >= 15 is 0 Å². The molecule has 96 valence electrons. The van der Waals surface area contributed by atoms with Crippen molar-refractivity contribution in [1.29, 1.82) is 0 Å². The van der Waals surface area contributed by atoms with Crippen molar-refractivity contribution in [3.8, 4) is 0 Å². The Morgan fingerprint density at radius 2 is 2.11 bits per heavy atom. The zero-order chi connectivity index (χ0) is 13.2. The Hall–Kier alpha value is -1.65. The van der Waals surface area contributed by atoms with Crippen LogP contribution in [0.4, 0.5) is 0 Å². The SMILES string of the molecule is NC(=S)c1cccc2c1ccn2CCc1cccs1. The number of aromatic nitrogens is 1. The molecule has 0 amide bonds. The molecule has 19 heavy (non-hydrogen) atoms. The lowest BCUT2D eigenvalue weighted by Crippen LogP contribution is -2.09. The maximum absolute atomic E-state index is 5.76. The zero-order valence-electron chi connectivity index (χ0n) is 10.4. The maximum atomic E-state index is 5.76. The lowest BCUT2D eigenvalue weighted by Gasteiger charge is -2.06. The first-order valence-corrected chi connectivity index (χ1v) is 7.44. The molecular formula is C15H14N2S2. The topological polar surface area (TPSA) is 30.9 Å². The van der Waals surface area contributed by atoms with Crippen LogP contribution in [0.1, 0.15) is 10.4 Å². The number of thiophene rings is 1. The van der Waals surface area contributed by atoms with Crippen molar-refractivity contribution in [1.82, 2.24) is 4.57 Å². The van der Waals surface area contributed by atoms with E-state index in [1.807, 2.05) is 12.1 Å². The summed E-state index contributed by atoms with van der Waals surface area (Å²) in [6, 6.07) is 12.5. The average Bonchev–Trinajstić information content (AvgIpc) is 3.05. The van der Waals surface area contributed by atoms with Crippen LogP contribution in [-0.2, 0) is 13.0 Å². The summed E-state index contributed by atoms with van der Waals surface area (Å²) in [7, 11) is 0. The second-order valence-electron chi connectivity index (χ2n) is 4.44. The summed E-state index contributed by atoms with van der Waals surface area (Å²) in [5.41, 5.74) is 7.92. The molecule has 2 nitrogen and oxygen atoms in total. The molecule has 3 aromatic rings. The second kappa shape index (κ2) is 5.15. The van der Waals surface area contributed by atoms with Crippen molar-refractivity contribution in [3.05, 3.63) is 58.4 Å². The fraction of sp³-hybridized carbons (Fsp3) is 0.133. The summed E-state index contributed by atoms with van der Waals surface area (Å²) in [5, 5.41) is 3.26. The fourth-order valence-electron chi connectivity index (χ4n) is 2.32. The molecule has 0 spiro atoms. The van der Waals surface area contributed by atoms with Crippen LogP contribution < -0.4 is 5.73 Å². The van der Waals surface area contributed by atoms with Crippen molar-refractivity contribution in [2.45, 2.75) is 13.0 Å². The van der Waals surface area contributed by atoms with Crippen LogP contribution in [0.5, 0.6) is 0 Å². The summed E-state index contributed by atoms with van der Waals surface area (Å²) in [6.45, 7) is 0.977. The molecule has 0 aliphatic rings. The Morgan fingerprint density at radius 1 is 1.21 bits per heavy atom. The average molecular weight is 286 g/mol. The molecule has 0 radical (unpaired) electrons. The van der Waals surface area contributed by atoms with Crippen molar-refractivity contribution in [2.75, 3.05) is 0 Å². The highest BCUT2D eigenvalue weighted by Crippen LogP contribution is 2.21. The van der Waals surface area contributed by atoms with Gasteiger partial charge in [0.25, 0.3) is 0 Å². The predicted molar refractivity (Wildman–Crippen MR) is 85.8 cm³/mol. The molecule has 0 aliphatic carbocycles. The summed E-state index contributed by atoms with van der Waals surface area (Å²) >= 11 is 6.90. The summed E-state index contributed by atoms with van der Waals surface area (Å²) in [4.78, 5) is 1.87. The number of rotatable bonds is 4. The van der Waals surface area contributed by atoms with Gasteiger partial charge in [0.1, 0.15) is 4.99 Å². The van der Waals surface area contributed by atoms with Crippen LogP contribution in [0.15, 0.2) is 48.0 Å². The second-order valence-corrected chi connectivity index (χ2v) is 5.91. The summed E-state index contributed by atoms with van der Waals surface area (Å²) in [5.74, 6) is 0. The molecule has 0 fully saturated rings. The van der Waals surface area contributed by atoms with Gasteiger partial charge in [0, 0.05) is 34.1 Å². The van der Waals surface area contributed by atoms with E-state index in [0.29, 0.717) is 4.99 Å². The predicted octanol–water partition coefficient (Wildman–Crippen LogP) is 3.58. The van der Waals surface area contributed by atoms with Gasteiger partial charge in [0.05, 0.1) is 0 Å². The molecule has 0 bridgehead atoms. The monoisotopic (exact) mass is 286 g/mol. The number of hydrogen-bond acceptors (Lipinski definition) is 2. The van der Waals surface area contributed by atoms with E-state index < -0.39 is 0 Å². The molecule has 4 heteroatoms. The molecular weight excluding hydrogens is 272 g/mol. The number of benzene rings is 1. The van der Waals surface area contributed by atoms with E-state index in [1.54, 1.807) is 11.3 Å². The molecule has 0 aliphatic heterocycles. The van der Waals surface area contributed by atoms with Crippen molar-refractivity contribution >= 4 is 39.4 Å². The first kappa shape index (κ1) is 12.4. The minimum absolute atomic E-state index is 0.460. The number of thiocarbonyl (C=S) groups is 1. The molecule has 3 rings (SSSR count). The highest BCUT2D eigenvalue weighted by Gasteiger charge is 2.07. The van der Waals surface area contributed by atoms with Crippen LogP contribution in [0.2, 0.25) is 0 Å². The highest BCUT2D eigenvalue weighted by molar-refractivity contribution is 7.80. The first-order valence-electron chi connectivity index (χ1n) is 6.16. The lowest BCUT2D eigenvalue weighted by atomic mass is 10.1. The van der Waals surface area contributed by atoms with Crippen molar-refractivity contribution < 1.29 is 0 Å². The molecule has 0 saturated carbocycles. The third-order valence-electron chi connectivity index (χ3n) is 3.26. The minimum Gasteiger partial charge on any atom is -0.389 e. The third-order valence-corrected chi connectivity index (χ3v) is 4.41. The van der Waals surface area contributed by atoms with Crippen molar-refractivity contribution in [2.24, 2.45) is 5.73 Å². The minimum atomic E-state index is 0.460. The molecule has 1 aromatic carbocycles. The van der Waals surface area contributed by atoms with Gasteiger partial charge in [-0.3, -0.25) is 0 Å². The van der Waals surface area contributed by atoms with Gasteiger partial charge in [-0.05, 0) is 30.0 Å². The number of aryl methyl sites for hydroxylation is 2. The Labute approximate surface area is 121 Å². The van der Waals surface area contributed by atoms with Gasteiger partial charge < -0.3 is 10.3 Å². The molecule has 0 unspecified atom stereocenters. The largest absolute Gasteiger partial charge is 0.389 e. The summed E-state index contributed by atoms with van der Waals surface area (Å²) < 4.78 is 2.26. The molecule has 2 heterocycles. The van der Waals surface area contributed by atoms with Gasteiger partial charge in [-0.25, -0.2) is 0 Å². The fourth-order valence-corrected chi connectivity index (χ4v) is 3.19. The van der Waals surface area contributed by atoms with E-state index in [2.05, 4.69) is 40.4 Å². The number of fused-ring (bicyclic) bond motifs is 1. The third kappa shape index (κ3) is 2.41. The zero-order valence-corrected chi connectivity index (χ0v) is 12.0. The smallest absolute Gasteiger partial charge is 0.104 e. The summed E-state index contributed by atoms with van der Waals surface area (Å²) in [6.07, 6.45) is 3.17. The van der Waals surface area contributed by atoms with Gasteiger partial charge in [0.2, 0.25) is 0 Å². The highest BCUT2D eigenvalue weighted by atomic mass is 32.1. The lowest BCUT2D eigenvalue weighted by molar-refractivity contribution is 0.730. The van der Waals surface area contributed by atoms with Crippen LogP contribution in [0.25, 0.3) is 10.9 Å². The Morgan fingerprint density at radius 3 is 2.84 bits per heavy atom. The van der Waals surface area contributed by atoms with Gasteiger partial charge in [-0.15, -0.1) is 11.3 Å². The van der Waals surface area contributed by atoms with Gasteiger partial charge in [-0.1, -0.05) is 30.4 Å². The van der Waals surface area contributed by atoms with Crippen molar-refractivity contribution in [3.63, 3.8) is 0 Å². The number of nitrogens with zero attached hydrogens (tertiary/aromatic N) is 1. The maximum Gasteiger partial charge on any atom is 0.104 e. The number of hydrogen-bond donors (Lipinski definition) is 1. The van der Waals surface area contributed by atoms with Gasteiger partial charge >= 0.3 is 0 Å². The van der Waals surface area contributed by atoms with E-state index in [0.717, 1.165) is 23.9 Å². The van der Waals surface area contributed by atoms with Crippen LogP contribution in [-0.4, -0.2) is 9.56 Å². The van der Waals surface area contributed by atoms with E-state index in [-0.39, 0.29) is 0 Å². The first-order chi connectivity index (χ1) is 9.25. The molecule has 0 saturated heterocycles. The van der Waals surface area contributed by atoms with Gasteiger partial charge in [0.15, 0.2) is 0 Å². The van der Waals surface area contributed by atoms with E-state index in [9.17, 15) is 0 Å². The quantitative estimate of drug-likeness (QED) is 0.743. The van der Waals surface area contributed by atoms with Crippen LogP contribution >= 0.6 is 23.6 Å². The normalized spacial score (nSPS) is 10.9. The van der Waals surface area contributed by atoms with E-state index in [1.165, 1.54) is 10.4 Å². The molecule has 2 aromatic heterocycles. The van der Waals surface area contributed by atoms with E-state index in [4.69, 9.17) is 18.0 Å².